The number of aliphatic hydroxyl groups is 1. The molecule has 1 atom stereocenters. The number of nitrogens with zero attached hydrogens (tertiary/aromatic N) is 2. The van der Waals surface area contributed by atoms with Crippen LogP contribution >= 0.6 is 11.6 Å². The molecule has 0 saturated heterocycles. The summed E-state index contributed by atoms with van der Waals surface area (Å²) in [6, 6.07) is 0. The zero-order valence-corrected chi connectivity index (χ0v) is 8.62. The lowest BCUT2D eigenvalue weighted by atomic mass is 10.2. The van der Waals surface area contributed by atoms with E-state index in [2.05, 4.69) is 15.3 Å². The molecule has 0 saturated carbocycles. The molecule has 1 aromatic heterocycles. The lowest BCUT2D eigenvalue weighted by molar-refractivity contribution is 0.244. The second kappa shape index (κ2) is 4.97. The lowest BCUT2D eigenvalue weighted by Crippen LogP contribution is -2.16. The summed E-state index contributed by atoms with van der Waals surface area (Å²) < 4.78 is 0. The van der Waals surface area contributed by atoms with Crippen molar-refractivity contribution in [2.45, 2.75) is 6.92 Å². The van der Waals surface area contributed by atoms with Gasteiger partial charge in [-0.1, -0.05) is 6.92 Å². The third kappa shape index (κ3) is 3.01. The first-order chi connectivity index (χ1) is 6.63. The summed E-state index contributed by atoms with van der Waals surface area (Å²) in [5.41, 5.74) is 6.05. The minimum absolute atomic E-state index is 0.117. The Labute approximate surface area is 87.3 Å². The molecular weight excluding hydrogens is 204 g/mol. The first kappa shape index (κ1) is 11.0. The van der Waals surface area contributed by atoms with Crippen molar-refractivity contribution in [2.75, 3.05) is 24.2 Å². The maximum atomic E-state index is 8.81. The molecule has 0 aromatic carbocycles. The molecule has 14 heavy (non-hydrogen) atoms. The van der Waals surface area contributed by atoms with Gasteiger partial charge in [-0.05, 0) is 17.5 Å². The summed E-state index contributed by atoms with van der Waals surface area (Å²) >= 11 is 5.60. The maximum absolute atomic E-state index is 8.81. The average molecular weight is 217 g/mol. The van der Waals surface area contributed by atoms with Crippen LogP contribution in [0.4, 0.5) is 11.5 Å². The molecule has 0 aliphatic heterocycles. The van der Waals surface area contributed by atoms with E-state index in [4.69, 9.17) is 22.4 Å². The molecule has 1 rings (SSSR count). The number of anilines is 2. The topological polar surface area (TPSA) is 84.1 Å². The van der Waals surface area contributed by atoms with Crippen LogP contribution in [0.2, 0.25) is 5.28 Å². The Kier molecular flexibility index (Phi) is 3.91. The lowest BCUT2D eigenvalue weighted by Gasteiger charge is -2.11. The molecule has 1 aromatic rings. The van der Waals surface area contributed by atoms with Crippen LogP contribution in [0.5, 0.6) is 0 Å². The second-order valence-corrected chi connectivity index (χ2v) is 3.45. The van der Waals surface area contributed by atoms with E-state index in [0.29, 0.717) is 18.1 Å². The SMILES string of the molecule is CC(CO)CNc1nc(Cl)ncc1N. The molecule has 0 aliphatic rings. The molecule has 0 spiro atoms. The van der Waals surface area contributed by atoms with Crippen molar-refractivity contribution in [2.24, 2.45) is 5.92 Å². The van der Waals surface area contributed by atoms with Crippen molar-refractivity contribution < 1.29 is 5.11 Å². The van der Waals surface area contributed by atoms with Gasteiger partial charge in [-0.3, -0.25) is 0 Å². The van der Waals surface area contributed by atoms with Gasteiger partial charge in [-0.25, -0.2) is 4.98 Å². The van der Waals surface area contributed by atoms with Crippen LogP contribution in [-0.4, -0.2) is 28.2 Å². The van der Waals surface area contributed by atoms with E-state index in [1.165, 1.54) is 6.20 Å². The van der Waals surface area contributed by atoms with Crippen LogP contribution in [-0.2, 0) is 0 Å². The Balaban J connectivity index is 2.62. The molecule has 5 nitrogen and oxygen atoms in total. The molecule has 1 heterocycles. The highest BCUT2D eigenvalue weighted by atomic mass is 35.5. The fourth-order valence-electron chi connectivity index (χ4n) is 0.847. The quantitative estimate of drug-likeness (QED) is 0.647. The summed E-state index contributed by atoms with van der Waals surface area (Å²) in [5, 5.41) is 11.9. The van der Waals surface area contributed by atoms with Gasteiger partial charge in [0.05, 0.1) is 11.9 Å². The molecule has 0 aliphatic carbocycles. The number of hydrogen-bond acceptors (Lipinski definition) is 5. The van der Waals surface area contributed by atoms with Crippen LogP contribution in [0.1, 0.15) is 6.92 Å². The molecule has 0 fully saturated rings. The Morgan fingerprint density at radius 2 is 2.43 bits per heavy atom. The fourth-order valence-corrected chi connectivity index (χ4v) is 0.980. The Hall–Kier alpha value is -1.07. The number of nitrogen functional groups attached to an aromatic ring is 1. The molecule has 6 heteroatoms. The van der Waals surface area contributed by atoms with Crippen molar-refractivity contribution >= 4 is 23.1 Å². The average Bonchev–Trinajstić information content (AvgIpc) is 2.19. The van der Waals surface area contributed by atoms with E-state index in [9.17, 15) is 0 Å². The van der Waals surface area contributed by atoms with Crippen LogP contribution in [0.25, 0.3) is 0 Å². The van der Waals surface area contributed by atoms with E-state index < -0.39 is 0 Å². The summed E-state index contributed by atoms with van der Waals surface area (Å²) in [4.78, 5) is 7.64. The molecule has 4 N–H and O–H groups in total. The number of halogens is 1. The highest BCUT2D eigenvalue weighted by Crippen LogP contribution is 2.15. The van der Waals surface area contributed by atoms with Crippen LogP contribution < -0.4 is 11.1 Å². The van der Waals surface area contributed by atoms with Crippen molar-refractivity contribution in [1.82, 2.24) is 9.97 Å². The van der Waals surface area contributed by atoms with Gasteiger partial charge in [0, 0.05) is 13.2 Å². The Morgan fingerprint density at radius 1 is 1.71 bits per heavy atom. The van der Waals surface area contributed by atoms with Crippen LogP contribution in [0.15, 0.2) is 6.20 Å². The van der Waals surface area contributed by atoms with Crippen molar-refractivity contribution in [3.8, 4) is 0 Å². The third-order valence-electron chi connectivity index (χ3n) is 1.72. The number of aliphatic hydroxyl groups excluding tert-OH is 1. The predicted molar refractivity (Wildman–Crippen MR) is 56.2 cm³/mol. The van der Waals surface area contributed by atoms with Gasteiger partial charge < -0.3 is 16.2 Å². The smallest absolute Gasteiger partial charge is 0.224 e. The van der Waals surface area contributed by atoms with E-state index >= 15 is 0 Å². The van der Waals surface area contributed by atoms with E-state index in [1.807, 2.05) is 6.92 Å². The molecule has 0 amide bonds. The molecule has 0 bridgehead atoms. The van der Waals surface area contributed by atoms with Gasteiger partial charge >= 0.3 is 0 Å². The molecule has 1 unspecified atom stereocenters. The minimum Gasteiger partial charge on any atom is -0.396 e. The Morgan fingerprint density at radius 3 is 3.07 bits per heavy atom. The summed E-state index contributed by atoms with van der Waals surface area (Å²) in [6.07, 6.45) is 1.45. The van der Waals surface area contributed by atoms with E-state index in [-0.39, 0.29) is 17.8 Å². The molecule has 0 radical (unpaired) electrons. The zero-order chi connectivity index (χ0) is 10.6. The van der Waals surface area contributed by atoms with Gasteiger partial charge in [0.25, 0.3) is 0 Å². The predicted octanol–water partition coefficient (Wildman–Crippen LogP) is 0.752. The van der Waals surface area contributed by atoms with Crippen molar-refractivity contribution in [3.63, 3.8) is 0 Å². The van der Waals surface area contributed by atoms with Crippen molar-refractivity contribution in [3.05, 3.63) is 11.5 Å². The normalized spacial score (nSPS) is 12.5. The van der Waals surface area contributed by atoms with Crippen LogP contribution in [0, 0.1) is 5.92 Å². The first-order valence-electron chi connectivity index (χ1n) is 4.26. The highest BCUT2D eigenvalue weighted by molar-refractivity contribution is 6.28. The number of nitrogens with one attached hydrogen (secondary N) is 1. The molecular formula is C8H13ClN4O. The Bertz CT molecular complexity index is 307. The molecule has 78 valence electrons. The van der Waals surface area contributed by atoms with E-state index in [1.54, 1.807) is 0 Å². The fraction of sp³-hybridized carbons (Fsp3) is 0.500. The summed E-state index contributed by atoms with van der Waals surface area (Å²) in [5.74, 6) is 0.647. The number of aromatic nitrogens is 2. The van der Waals surface area contributed by atoms with E-state index in [0.717, 1.165) is 0 Å². The summed E-state index contributed by atoms with van der Waals surface area (Å²) in [7, 11) is 0. The number of hydrogen-bond donors (Lipinski definition) is 3. The second-order valence-electron chi connectivity index (χ2n) is 3.11. The maximum Gasteiger partial charge on any atom is 0.224 e. The largest absolute Gasteiger partial charge is 0.396 e. The zero-order valence-electron chi connectivity index (χ0n) is 7.87. The van der Waals surface area contributed by atoms with Gasteiger partial charge in [0.15, 0.2) is 5.82 Å². The number of rotatable bonds is 4. The summed E-state index contributed by atoms with van der Waals surface area (Å²) in [6.45, 7) is 2.62. The van der Waals surface area contributed by atoms with Gasteiger partial charge in [0.2, 0.25) is 5.28 Å². The van der Waals surface area contributed by atoms with Gasteiger partial charge in [0.1, 0.15) is 0 Å². The number of nitrogens with two attached hydrogens (primary N) is 1. The van der Waals surface area contributed by atoms with Crippen molar-refractivity contribution in [1.29, 1.82) is 0 Å². The van der Waals surface area contributed by atoms with Crippen LogP contribution in [0.3, 0.4) is 0 Å². The first-order valence-corrected chi connectivity index (χ1v) is 4.64. The van der Waals surface area contributed by atoms with Gasteiger partial charge in [-0.15, -0.1) is 0 Å². The minimum atomic E-state index is 0.117. The standard InChI is InChI=1S/C8H13ClN4O/c1-5(4-14)2-11-7-6(10)3-12-8(9)13-7/h3,5,14H,2,4,10H2,1H3,(H,11,12,13). The monoisotopic (exact) mass is 216 g/mol. The third-order valence-corrected chi connectivity index (χ3v) is 1.90. The van der Waals surface area contributed by atoms with Gasteiger partial charge in [-0.2, -0.15) is 4.98 Å². The highest BCUT2D eigenvalue weighted by Gasteiger charge is 2.04.